The molecule has 2 aromatic carbocycles. The van der Waals surface area contributed by atoms with E-state index in [9.17, 15) is 29.0 Å². The number of benzene rings is 2. The van der Waals surface area contributed by atoms with Gasteiger partial charge in [-0.2, -0.15) is 0 Å². The van der Waals surface area contributed by atoms with Crippen LogP contribution >= 0.6 is 0 Å². The van der Waals surface area contributed by atoms with Crippen molar-refractivity contribution in [2.24, 2.45) is 17.8 Å². The van der Waals surface area contributed by atoms with Gasteiger partial charge in [-0.1, -0.05) is 39.3 Å². The number of aliphatic hydroxyl groups excluding tert-OH is 2. The van der Waals surface area contributed by atoms with Crippen LogP contribution in [0.15, 0.2) is 48.0 Å². The van der Waals surface area contributed by atoms with Crippen LogP contribution < -0.4 is 14.8 Å². The molecule has 3 aliphatic rings. The lowest BCUT2D eigenvalue weighted by molar-refractivity contribution is -0.147. The molecule has 1 aliphatic heterocycles. The summed E-state index contributed by atoms with van der Waals surface area (Å²) in [6.45, 7) is 6.10. The van der Waals surface area contributed by atoms with Crippen LogP contribution in [0.1, 0.15) is 67.4 Å². The summed E-state index contributed by atoms with van der Waals surface area (Å²) in [6.07, 6.45) is 3.11. The fraction of sp³-hybridized carbons (Fsp3) is 0.541. The van der Waals surface area contributed by atoms with Crippen molar-refractivity contribution in [2.75, 3.05) is 33.4 Å². The van der Waals surface area contributed by atoms with Gasteiger partial charge in [0.15, 0.2) is 11.5 Å². The Morgan fingerprint density at radius 2 is 2.00 bits per heavy atom. The molecule has 0 radical (unpaired) electrons. The first-order valence-electron chi connectivity index (χ1n) is 16.8. The lowest BCUT2D eigenvalue weighted by Gasteiger charge is -2.41. The normalized spacial score (nSPS) is 26.2. The summed E-state index contributed by atoms with van der Waals surface area (Å²) in [5.41, 5.74) is 1.69. The van der Waals surface area contributed by atoms with Gasteiger partial charge in [0, 0.05) is 29.8 Å². The van der Waals surface area contributed by atoms with Crippen molar-refractivity contribution in [2.45, 2.75) is 76.7 Å². The highest BCUT2D eigenvalue weighted by molar-refractivity contribution is 5.96. The molecule has 2 amide bonds. The molecule has 10 nitrogen and oxygen atoms in total. The number of nitrogens with zero attached hydrogens (tertiary/aromatic N) is 1. The Morgan fingerprint density at radius 3 is 2.69 bits per heavy atom. The molecule has 1 heterocycles. The van der Waals surface area contributed by atoms with Gasteiger partial charge in [-0.3, -0.25) is 14.4 Å². The highest BCUT2D eigenvalue weighted by Crippen LogP contribution is 2.51. The van der Waals surface area contributed by atoms with Gasteiger partial charge in [-0.25, -0.2) is 4.39 Å². The molecule has 2 aliphatic carbocycles. The van der Waals surface area contributed by atoms with Crippen LogP contribution in [0.25, 0.3) is 0 Å². The summed E-state index contributed by atoms with van der Waals surface area (Å²) in [6, 6.07) is 8.23. The lowest BCUT2D eigenvalue weighted by atomic mass is 9.75. The Kier molecular flexibility index (Phi) is 11.5. The van der Waals surface area contributed by atoms with Crippen LogP contribution in [0.4, 0.5) is 4.39 Å². The van der Waals surface area contributed by atoms with Crippen LogP contribution in [-0.2, 0) is 20.7 Å². The maximum Gasteiger partial charge on any atom is 0.249 e. The number of ether oxygens (including phenoxy) is 3. The molecule has 0 saturated heterocycles. The third-order valence-electron chi connectivity index (χ3n) is 10.0. The van der Waals surface area contributed by atoms with Gasteiger partial charge in [-0.15, -0.1) is 0 Å². The van der Waals surface area contributed by atoms with E-state index >= 15 is 0 Å². The number of amides is 2. The molecule has 48 heavy (non-hydrogen) atoms. The molecular formula is C37H47FN2O8. The summed E-state index contributed by atoms with van der Waals surface area (Å²) in [5.74, 6) is -0.321. The molecule has 0 bridgehead atoms. The van der Waals surface area contributed by atoms with E-state index in [1.54, 1.807) is 24.3 Å². The Morgan fingerprint density at radius 1 is 1.21 bits per heavy atom. The number of aliphatic hydroxyl groups is 2. The number of methoxy groups -OCH3 is 1. The third kappa shape index (κ3) is 7.58. The Labute approximate surface area is 281 Å². The van der Waals surface area contributed by atoms with E-state index in [1.807, 2.05) is 0 Å². The molecule has 2 aromatic rings. The van der Waals surface area contributed by atoms with Gasteiger partial charge in [-0.05, 0) is 72.9 Å². The molecular weight excluding hydrogens is 619 g/mol. The zero-order valence-electron chi connectivity index (χ0n) is 28.1. The number of halogens is 1. The van der Waals surface area contributed by atoms with E-state index in [4.69, 9.17) is 14.2 Å². The second kappa shape index (κ2) is 15.6. The van der Waals surface area contributed by atoms with Crippen LogP contribution in [0, 0.1) is 23.6 Å². The monoisotopic (exact) mass is 666 g/mol. The molecule has 260 valence electrons. The van der Waals surface area contributed by atoms with E-state index in [1.165, 1.54) is 30.2 Å². The van der Waals surface area contributed by atoms with E-state index in [0.29, 0.717) is 46.5 Å². The van der Waals surface area contributed by atoms with E-state index in [2.05, 4.69) is 26.1 Å². The molecule has 5 rings (SSSR count). The average molecular weight is 667 g/mol. The van der Waals surface area contributed by atoms with Gasteiger partial charge >= 0.3 is 0 Å². The topological polar surface area (TPSA) is 135 Å². The summed E-state index contributed by atoms with van der Waals surface area (Å²) < 4.78 is 32.2. The van der Waals surface area contributed by atoms with Crippen molar-refractivity contribution < 1.29 is 43.2 Å². The Balaban J connectivity index is 1.51. The zero-order valence-corrected chi connectivity index (χ0v) is 28.1. The van der Waals surface area contributed by atoms with Crippen molar-refractivity contribution in [1.82, 2.24) is 10.2 Å². The first-order chi connectivity index (χ1) is 23.1. The fourth-order valence-electron chi connectivity index (χ4n) is 7.51. The van der Waals surface area contributed by atoms with E-state index < -0.39 is 35.9 Å². The third-order valence-corrected chi connectivity index (χ3v) is 10.0. The minimum Gasteiger partial charge on any atom is -0.493 e. The molecule has 11 heteroatoms. The van der Waals surface area contributed by atoms with Gasteiger partial charge < -0.3 is 34.6 Å². The molecule has 7 atom stereocenters. The van der Waals surface area contributed by atoms with Crippen LogP contribution in [0.3, 0.4) is 0 Å². The lowest BCUT2D eigenvalue weighted by Crippen LogP contribution is -2.57. The summed E-state index contributed by atoms with van der Waals surface area (Å²) in [7, 11) is 1.43. The molecule has 1 saturated carbocycles. The largest absolute Gasteiger partial charge is 0.493 e. The van der Waals surface area contributed by atoms with Gasteiger partial charge in [0.1, 0.15) is 30.9 Å². The molecule has 0 spiro atoms. The Hall–Kier alpha value is -3.80. The second-order valence-corrected chi connectivity index (χ2v) is 13.5. The van der Waals surface area contributed by atoms with Crippen molar-refractivity contribution in [3.63, 3.8) is 0 Å². The summed E-state index contributed by atoms with van der Waals surface area (Å²) in [5, 5.41) is 24.1. The van der Waals surface area contributed by atoms with Gasteiger partial charge in [0.2, 0.25) is 11.8 Å². The fourth-order valence-corrected chi connectivity index (χ4v) is 7.51. The van der Waals surface area contributed by atoms with Crippen molar-refractivity contribution in [3.05, 3.63) is 70.6 Å². The number of carbonyl (C=O) groups excluding carboxylic acids is 3. The van der Waals surface area contributed by atoms with Crippen molar-refractivity contribution >= 4 is 18.1 Å². The molecule has 0 unspecified atom stereocenters. The quantitative estimate of drug-likeness (QED) is 0.275. The predicted molar refractivity (Wildman–Crippen MR) is 176 cm³/mol. The number of fused-ring (bicyclic) bond motifs is 3. The van der Waals surface area contributed by atoms with Gasteiger partial charge in [0.25, 0.3) is 0 Å². The number of rotatable bonds is 13. The second-order valence-electron chi connectivity index (χ2n) is 13.5. The minimum absolute atomic E-state index is 0.0148. The highest BCUT2D eigenvalue weighted by atomic mass is 19.1. The SMILES string of the molecule is COc1cc(C=O)cc2c1O[C@@H]1[C@@H](O)[C@H](N(CCc3cccc(F)c3)C(=O)CO[C@H]3C[C@@H](C)CC[C@@H]3C(C)C)C=C(C(=O)NCCO)[C@H]21. The molecule has 3 N–H and O–H groups in total. The predicted octanol–water partition coefficient (Wildman–Crippen LogP) is 3.82. The number of aldehydes is 1. The summed E-state index contributed by atoms with van der Waals surface area (Å²) >= 11 is 0. The van der Waals surface area contributed by atoms with Gasteiger partial charge in [0.05, 0.1) is 31.8 Å². The van der Waals surface area contributed by atoms with E-state index in [-0.39, 0.29) is 56.1 Å². The van der Waals surface area contributed by atoms with Crippen molar-refractivity contribution in [3.8, 4) is 11.5 Å². The first kappa shape index (κ1) is 35.5. The summed E-state index contributed by atoms with van der Waals surface area (Å²) in [4.78, 5) is 41.1. The molecule has 0 aromatic heterocycles. The Bertz CT molecular complexity index is 1510. The highest BCUT2D eigenvalue weighted by Gasteiger charge is 2.51. The maximum atomic E-state index is 14.2. The number of hydrogen-bond acceptors (Lipinski definition) is 8. The van der Waals surface area contributed by atoms with Crippen LogP contribution in [0.5, 0.6) is 11.5 Å². The first-order valence-corrected chi connectivity index (χ1v) is 16.8. The number of hydrogen-bond donors (Lipinski definition) is 3. The van der Waals surface area contributed by atoms with Crippen molar-refractivity contribution in [1.29, 1.82) is 0 Å². The van der Waals surface area contributed by atoms with Crippen LogP contribution in [0.2, 0.25) is 0 Å². The maximum absolute atomic E-state index is 14.2. The smallest absolute Gasteiger partial charge is 0.249 e. The number of carbonyl (C=O) groups is 3. The van der Waals surface area contributed by atoms with E-state index in [0.717, 1.165) is 19.3 Å². The molecule has 1 fully saturated rings. The number of nitrogens with one attached hydrogen (secondary N) is 1. The minimum atomic E-state index is -1.30. The van der Waals surface area contributed by atoms with Crippen LogP contribution in [-0.4, -0.2) is 91.0 Å². The standard InChI is InChI=1S/C37H47FN2O8/c1-21(2)26-9-8-22(3)14-30(26)47-20-32(43)40(12-10-23-6-5-7-25(38)15-23)29-18-28(37(45)39-11-13-41)33-27-16-24(19-42)17-31(46-4)35(27)48-36(33)34(29)44/h5-7,15-19,21-22,26,29-30,33-34,36,41,44H,8-14,20H2,1-4H3,(H,39,45)/t22-,26+,29+,30-,33-,34-,36-/m0/s1. The zero-order chi connectivity index (χ0) is 34.5. The average Bonchev–Trinajstić information content (AvgIpc) is 3.46.